The van der Waals surface area contributed by atoms with Crippen molar-refractivity contribution < 1.29 is 21.6 Å². The van der Waals surface area contributed by atoms with Gasteiger partial charge in [0.1, 0.15) is 28.0 Å². The van der Waals surface area contributed by atoms with Crippen molar-refractivity contribution >= 4 is 21.5 Å². The van der Waals surface area contributed by atoms with E-state index in [0.29, 0.717) is 29.0 Å². The van der Waals surface area contributed by atoms with Crippen molar-refractivity contribution in [3.8, 4) is 22.4 Å². The SMILES string of the molecule is Nc1cc(-c2cn(C3CCCCC3)nc2-c2cccc(NS(=O)(=O)c3cc(F)ccc3F)c2F)ccn1. The van der Waals surface area contributed by atoms with E-state index in [-0.39, 0.29) is 17.4 Å². The van der Waals surface area contributed by atoms with E-state index in [0.717, 1.165) is 38.2 Å². The molecule has 0 atom stereocenters. The van der Waals surface area contributed by atoms with Gasteiger partial charge in [-0.2, -0.15) is 5.10 Å². The first-order chi connectivity index (χ1) is 17.7. The van der Waals surface area contributed by atoms with Crippen LogP contribution in [0, 0.1) is 17.5 Å². The van der Waals surface area contributed by atoms with Gasteiger partial charge in [-0.3, -0.25) is 9.40 Å². The number of halogens is 3. The maximum Gasteiger partial charge on any atom is 0.265 e. The molecule has 2 aromatic heterocycles. The first kappa shape index (κ1) is 24.8. The van der Waals surface area contributed by atoms with Crippen molar-refractivity contribution in [2.75, 3.05) is 10.5 Å². The van der Waals surface area contributed by atoms with Gasteiger partial charge in [0, 0.05) is 23.5 Å². The summed E-state index contributed by atoms with van der Waals surface area (Å²) in [6.45, 7) is 0. The van der Waals surface area contributed by atoms with Crippen LogP contribution in [0.25, 0.3) is 22.4 Å². The standard InChI is InChI=1S/C26H24F3N5O2S/c27-17-9-10-21(28)23(14-17)37(35,36)33-22-8-4-7-19(25(22)29)26-20(16-11-12-31-24(30)13-16)15-34(32-26)18-5-2-1-3-6-18/h4,7-15,18,33H,1-3,5-6H2,(H2,30,31). The molecule has 1 aliphatic rings. The number of benzene rings is 2. The summed E-state index contributed by atoms with van der Waals surface area (Å²) in [6.07, 6.45) is 8.57. The van der Waals surface area contributed by atoms with Gasteiger partial charge in [-0.1, -0.05) is 25.3 Å². The predicted molar refractivity (Wildman–Crippen MR) is 135 cm³/mol. The molecular formula is C26H24F3N5O2S. The van der Waals surface area contributed by atoms with Gasteiger partial charge in [0.2, 0.25) is 0 Å². The van der Waals surface area contributed by atoms with E-state index in [1.165, 1.54) is 18.2 Å². The molecular weight excluding hydrogens is 503 g/mol. The predicted octanol–water partition coefficient (Wildman–Crippen LogP) is 5.92. The molecule has 0 spiro atoms. The molecule has 5 rings (SSSR count). The second-order valence-corrected chi connectivity index (χ2v) is 10.6. The Morgan fingerprint density at radius 2 is 1.76 bits per heavy atom. The summed E-state index contributed by atoms with van der Waals surface area (Å²) in [7, 11) is -4.62. The first-order valence-electron chi connectivity index (χ1n) is 11.8. The summed E-state index contributed by atoms with van der Waals surface area (Å²) in [4.78, 5) is 3.10. The highest BCUT2D eigenvalue weighted by atomic mass is 32.2. The zero-order chi connectivity index (χ0) is 26.2. The molecule has 0 saturated heterocycles. The second kappa shape index (κ2) is 9.89. The fraction of sp³-hybridized carbons (Fsp3) is 0.231. The van der Waals surface area contributed by atoms with E-state index in [4.69, 9.17) is 10.8 Å². The third kappa shape index (κ3) is 5.04. The van der Waals surface area contributed by atoms with E-state index in [1.807, 2.05) is 15.6 Å². The number of nitrogen functional groups attached to an aromatic ring is 1. The molecule has 1 fully saturated rings. The molecule has 0 aliphatic heterocycles. The van der Waals surface area contributed by atoms with Crippen molar-refractivity contribution in [1.29, 1.82) is 0 Å². The second-order valence-electron chi connectivity index (χ2n) is 8.98. The van der Waals surface area contributed by atoms with Gasteiger partial charge in [0.15, 0.2) is 5.82 Å². The number of nitrogens with one attached hydrogen (secondary N) is 1. The van der Waals surface area contributed by atoms with Crippen LogP contribution in [0.1, 0.15) is 38.1 Å². The van der Waals surface area contributed by atoms with Gasteiger partial charge < -0.3 is 5.73 Å². The van der Waals surface area contributed by atoms with Gasteiger partial charge in [0.25, 0.3) is 10.0 Å². The highest BCUT2D eigenvalue weighted by Crippen LogP contribution is 2.38. The number of anilines is 2. The fourth-order valence-electron chi connectivity index (χ4n) is 4.63. The van der Waals surface area contributed by atoms with Crippen molar-refractivity contribution in [1.82, 2.24) is 14.8 Å². The monoisotopic (exact) mass is 527 g/mol. The Hall–Kier alpha value is -3.86. The average Bonchev–Trinajstić information content (AvgIpc) is 3.32. The fourth-order valence-corrected chi connectivity index (χ4v) is 5.78. The molecule has 0 radical (unpaired) electrons. The average molecular weight is 528 g/mol. The lowest BCUT2D eigenvalue weighted by molar-refractivity contribution is 0.330. The molecule has 1 saturated carbocycles. The molecule has 0 bridgehead atoms. The zero-order valence-electron chi connectivity index (χ0n) is 19.7. The Balaban J connectivity index is 1.59. The Labute approximate surface area is 212 Å². The third-order valence-corrected chi connectivity index (χ3v) is 7.83. The molecule has 4 aromatic rings. The van der Waals surface area contributed by atoms with Crippen LogP contribution >= 0.6 is 0 Å². The van der Waals surface area contributed by atoms with Crippen molar-refractivity contribution in [2.45, 2.75) is 43.0 Å². The lowest BCUT2D eigenvalue weighted by Crippen LogP contribution is -2.16. The van der Waals surface area contributed by atoms with Crippen LogP contribution in [-0.4, -0.2) is 23.2 Å². The Morgan fingerprint density at radius 3 is 2.51 bits per heavy atom. The number of nitrogens with zero attached hydrogens (tertiary/aromatic N) is 3. The smallest absolute Gasteiger partial charge is 0.265 e. The number of hydrogen-bond donors (Lipinski definition) is 2. The molecule has 37 heavy (non-hydrogen) atoms. The Kier molecular flexibility index (Phi) is 6.63. The molecule has 0 unspecified atom stereocenters. The molecule has 7 nitrogen and oxygen atoms in total. The third-order valence-electron chi connectivity index (χ3n) is 6.45. The van der Waals surface area contributed by atoms with Crippen molar-refractivity contribution in [2.24, 2.45) is 0 Å². The van der Waals surface area contributed by atoms with Gasteiger partial charge >= 0.3 is 0 Å². The summed E-state index contributed by atoms with van der Waals surface area (Å²) in [5, 5.41) is 4.72. The zero-order valence-corrected chi connectivity index (χ0v) is 20.5. The summed E-state index contributed by atoms with van der Waals surface area (Å²) in [5.41, 5.74) is 7.09. The minimum absolute atomic E-state index is 0.0415. The number of aromatic nitrogens is 3. The molecule has 2 aromatic carbocycles. The topological polar surface area (TPSA) is 103 Å². The van der Waals surface area contributed by atoms with Crippen LogP contribution < -0.4 is 10.5 Å². The van der Waals surface area contributed by atoms with Crippen molar-refractivity contribution in [3.63, 3.8) is 0 Å². The summed E-state index contributed by atoms with van der Waals surface area (Å²) in [6, 6.07) is 9.73. The highest BCUT2D eigenvalue weighted by Gasteiger charge is 2.25. The van der Waals surface area contributed by atoms with Gasteiger partial charge in [0.05, 0.1) is 11.7 Å². The van der Waals surface area contributed by atoms with E-state index >= 15 is 4.39 Å². The van der Waals surface area contributed by atoms with Gasteiger partial charge in [-0.25, -0.2) is 26.6 Å². The largest absolute Gasteiger partial charge is 0.384 e. The van der Waals surface area contributed by atoms with Crippen molar-refractivity contribution in [3.05, 3.63) is 78.4 Å². The quantitative estimate of drug-likeness (QED) is 0.324. The summed E-state index contributed by atoms with van der Waals surface area (Å²) < 4.78 is 73.1. The molecule has 2 heterocycles. The molecule has 1 aliphatic carbocycles. The van der Waals surface area contributed by atoms with Crippen LogP contribution in [0.4, 0.5) is 24.7 Å². The van der Waals surface area contributed by atoms with Crippen LogP contribution in [0.15, 0.2) is 65.8 Å². The number of nitrogens with two attached hydrogens (primary N) is 1. The van der Waals surface area contributed by atoms with E-state index in [2.05, 4.69) is 4.98 Å². The molecule has 192 valence electrons. The lowest BCUT2D eigenvalue weighted by atomic mass is 9.96. The Morgan fingerprint density at radius 1 is 0.973 bits per heavy atom. The Bertz CT molecular complexity index is 1570. The molecule has 3 N–H and O–H groups in total. The highest BCUT2D eigenvalue weighted by molar-refractivity contribution is 7.92. The summed E-state index contributed by atoms with van der Waals surface area (Å²) in [5.74, 6) is -2.72. The number of sulfonamides is 1. The van der Waals surface area contributed by atoms with Crippen LogP contribution in [0.3, 0.4) is 0 Å². The van der Waals surface area contributed by atoms with Crippen LogP contribution in [0.5, 0.6) is 0 Å². The van der Waals surface area contributed by atoms with E-state index < -0.39 is 38.1 Å². The minimum atomic E-state index is -4.62. The van der Waals surface area contributed by atoms with E-state index in [9.17, 15) is 17.2 Å². The molecule has 0 amide bonds. The lowest BCUT2D eigenvalue weighted by Gasteiger charge is -2.21. The maximum absolute atomic E-state index is 15.8. The number of hydrogen-bond acceptors (Lipinski definition) is 5. The molecule has 11 heteroatoms. The first-order valence-corrected chi connectivity index (χ1v) is 13.3. The van der Waals surface area contributed by atoms with Crippen LogP contribution in [0.2, 0.25) is 0 Å². The maximum atomic E-state index is 15.8. The van der Waals surface area contributed by atoms with Crippen LogP contribution in [-0.2, 0) is 10.0 Å². The summed E-state index contributed by atoms with van der Waals surface area (Å²) >= 11 is 0. The van der Waals surface area contributed by atoms with Gasteiger partial charge in [-0.05, 0) is 60.9 Å². The van der Waals surface area contributed by atoms with Gasteiger partial charge in [-0.15, -0.1) is 0 Å². The number of rotatable bonds is 6. The number of pyridine rings is 1. The minimum Gasteiger partial charge on any atom is -0.384 e. The van der Waals surface area contributed by atoms with E-state index in [1.54, 1.807) is 18.3 Å². The normalized spacial score (nSPS) is 14.6.